The van der Waals surface area contributed by atoms with Crippen molar-refractivity contribution in [1.82, 2.24) is 5.32 Å². The minimum Gasteiger partial charge on any atom is -0.493 e. The number of amides is 1. The van der Waals surface area contributed by atoms with E-state index in [9.17, 15) is 4.79 Å². The first-order valence-corrected chi connectivity index (χ1v) is 9.32. The third kappa shape index (κ3) is 7.04. The zero-order valence-corrected chi connectivity index (χ0v) is 16.9. The molecule has 1 aliphatic rings. The maximum atomic E-state index is 12.3. The van der Waals surface area contributed by atoms with Crippen LogP contribution in [0.2, 0.25) is 0 Å². The lowest BCUT2D eigenvalue weighted by Crippen LogP contribution is -2.37. The average molecular weight is 385 g/mol. The summed E-state index contributed by atoms with van der Waals surface area (Å²) < 4.78 is 11.2. The number of ether oxygens (including phenoxy) is 2. The lowest BCUT2D eigenvalue weighted by Gasteiger charge is -2.25. The van der Waals surface area contributed by atoms with Crippen molar-refractivity contribution in [2.45, 2.75) is 58.5 Å². The largest absolute Gasteiger partial charge is 0.493 e. The van der Waals surface area contributed by atoms with Crippen LogP contribution in [0.15, 0.2) is 18.2 Å². The van der Waals surface area contributed by atoms with Crippen LogP contribution in [0.25, 0.3) is 0 Å². The summed E-state index contributed by atoms with van der Waals surface area (Å²) in [7, 11) is 1.64. The standard InChI is InChI=1S/C20H32N2O3.ClH/c1-14(2)9-10-25-18-8-7-15(11-19(18)24-3)13-22-20(23)16-5-4-6-17(21)12-16;/h7-8,11,14,16-17H,4-6,9-10,12-13,21H2,1-3H3,(H,22,23);1H. The molecule has 26 heavy (non-hydrogen) atoms. The summed E-state index contributed by atoms with van der Waals surface area (Å²) in [6.07, 6.45) is 4.79. The minimum atomic E-state index is 0. The van der Waals surface area contributed by atoms with E-state index in [0.717, 1.165) is 43.4 Å². The smallest absolute Gasteiger partial charge is 0.223 e. The van der Waals surface area contributed by atoms with Gasteiger partial charge in [-0.1, -0.05) is 26.3 Å². The molecule has 6 heteroatoms. The first-order chi connectivity index (χ1) is 12.0. The summed E-state index contributed by atoms with van der Waals surface area (Å²) in [6.45, 7) is 5.51. The molecular weight excluding hydrogens is 352 g/mol. The van der Waals surface area contributed by atoms with Gasteiger partial charge in [0.25, 0.3) is 0 Å². The number of rotatable bonds is 8. The van der Waals surface area contributed by atoms with Crippen molar-refractivity contribution >= 4 is 18.3 Å². The minimum absolute atomic E-state index is 0. The predicted molar refractivity (Wildman–Crippen MR) is 107 cm³/mol. The van der Waals surface area contributed by atoms with Gasteiger partial charge < -0.3 is 20.5 Å². The quantitative estimate of drug-likeness (QED) is 0.717. The van der Waals surface area contributed by atoms with Crippen LogP contribution < -0.4 is 20.5 Å². The van der Waals surface area contributed by atoms with Gasteiger partial charge in [-0.05, 0) is 49.3 Å². The number of nitrogens with one attached hydrogen (secondary N) is 1. The third-order valence-corrected chi connectivity index (χ3v) is 4.73. The lowest BCUT2D eigenvalue weighted by molar-refractivity contribution is -0.126. The Hall–Kier alpha value is -1.46. The highest BCUT2D eigenvalue weighted by Gasteiger charge is 2.25. The Balaban J connectivity index is 0.00000338. The summed E-state index contributed by atoms with van der Waals surface area (Å²) in [5.74, 6) is 2.20. The highest BCUT2D eigenvalue weighted by molar-refractivity contribution is 5.85. The van der Waals surface area contributed by atoms with Crippen LogP contribution in [0.3, 0.4) is 0 Å². The zero-order valence-electron chi connectivity index (χ0n) is 16.1. The number of nitrogens with two attached hydrogens (primary N) is 1. The molecule has 2 atom stereocenters. The van der Waals surface area contributed by atoms with Crippen LogP contribution in [0, 0.1) is 11.8 Å². The second kappa shape index (κ2) is 11.3. The van der Waals surface area contributed by atoms with Crippen molar-refractivity contribution in [2.75, 3.05) is 13.7 Å². The number of halogens is 1. The molecule has 0 heterocycles. The van der Waals surface area contributed by atoms with E-state index in [1.807, 2.05) is 18.2 Å². The van der Waals surface area contributed by atoms with Crippen LogP contribution in [-0.2, 0) is 11.3 Å². The van der Waals surface area contributed by atoms with Crippen molar-refractivity contribution < 1.29 is 14.3 Å². The van der Waals surface area contributed by atoms with E-state index in [2.05, 4.69) is 19.2 Å². The van der Waals surface area contributed by atoms with Gasteiger partial charge in [-0.15, -0.1) is 12.4 Å². The molecule has 1 aromatic rings. The van der Waals surface area contributed by atoms with Gasteiger partial charge in [0.2, 0.25) is 5.91 Å². The molecule has 1 aromatic carbocycles. The fourth-order valence-electron chi connectivity index (χ4n) is 3.15. The topological polar surface area (TPSA) is 73.6 Å². The molecule has 1 aliphatic carbocycles. The van der Waals surface area contributed by atoms with Crippen LogP contribution in [0.1, 0.15) is 51.5 Å². The molecule has 5 nitrogen and oxygen atoms in total. The summed E-state index contributed by atoms with van der Waals surface area (Å²) in [5, 5.41) is 3.03. The summed E-state index contributed by atoms with van der Waals surface area (Å²) in [4.78, 5) is 12.3. The van der Waals surface area contributed by atoms with Gasteiger partial charge in [0.05, 0.1) is 13.7 Å². The number of hydrogen-bond donors (Lipinski definition) is 2. The van der Waals surface area contributed by atoms with Gasteiger partial charge in [-0.25, -0.2) is 0 Å². The molecule has 148 valence electrons. The van der Waals surface area contributed by atoms with Crippen LogP contribution in [-0.4, -0.2) is 25.7 Å². The van der Waals surface area contributed by atoms with Gasteiger partial charge in [-0.2, -0.15) is 0 Å². The highest BCUT2D eigenvalue weighted by Crippen LogP contribution is 2.29. The molecule has 0 radical (unpaired) electrons. The van der Waals surface area contributed by atoms with Crippen molar-refractivity contribution in [2.24, 2.45) is 17.6 Å². The molecule has 0 bridgehead atoms. The van der Waals surface area contributed by atoms with Gasteiger partial charge in [0, 0.05) is 18.5 Å². The Morgan fingerprint density at radius 1 is 1.31 bits per heavy atom. The Labute approximate surface area is 163 Å². The molecule has 0 aromatic heterocycles. The Kier molecular flexibility index (Phi) is 9.81. The molecule has 1 saturated carbocycles. The predicted octanol–water partition coefficient (Wildman–Crippen LogP) is 3.68. The Morgan fingerprint density at radius 2 is 2.08 bits per heavy atom. The Bertz CT molecular complexity index is 566. The number of hydrogen-bond acceptors (Lipinski definition) is 4. The summed E-state index contributed by atoms with van der Waals surface area (Å²) in [5.41, 5.74) is 6.97. The van der Waals surface area contributed by atoms with E-state index < -0.39 is 0 Å². The normalized spacial score (nSPS) is 19.6. The van der Waals surface area contributed by atoms with E-state index in [1.165, 1.54) is 0 Å². The molecule has 2 rings (SSSR count). The van der Waals surface area contributed by atoms with Crippen LogP contribution >= 0.6 is 12.4 Å². The van der Waals surface area contributed by atoms with E-state index in [-0.39, 0.29) is 30.3 Å². The molecule has 3 N–H and O–H groups in total. The van der Waals surface area contributed by atoms with Crippen molar-refractivity contribution in [3.05, 3.63) is 23.8 Å². The first kappa shape index (κ1) is 22.6. The molecule has 1 fully saturated rings. The van der Waals surface area contributed by atoms with Crippen molar-refractivity contribution in [1.29, 1.82) is 0 Å². The zero-order chi connectivity index (χ0) is 18.2. The number of carbonyl (C=O) groups is 1. The van der Waals surface area contributed by atoms with Gasteiger partial charge in [-0.3, -0.25) is 4.79 Å². The third-order valence-electron chi connectivity index (χ3n) is 4.73. The molecule has 1 amide bonds. The van der Waals surface area contributed by atoms with E-state index in [4.69, 9.17) is 15.2 Å². The van der Waals surface area contributed by atoms with E-state index in [1.54, 1.807) is 7.11 Å². The number of carbonyl (C=O) groups excluding carboxylic acids is 1. The molecule has 2 unspecified atom stereocenters. The molecule has 0 spiro atoms. The first-order valence-electron chi connectivity index (χ1n) is 9.32. The van der Waals surface area contributed by atoms with Gasteiger partial charge in [0.1, 0.15) is 0 Å². The maximum absolute atomic E-state index is 12.3. The molecular formula is C20H33ClN2O3. The van der Waals surface area contributed by atoms with E-state index >= 15 is 0 Å². The fourth-order valence-corrected chi connectivity index (χ4v) is 3.15. The summed E-state index contributed by atoms with van der Waals surface area (Å²) >= 11 is 0. The SMILES string of the molecule is COc1cc(CNC(=O)C2CCCC(N)C2)ccc1OCCC(C)C.Cl. The number of benzene rings is 1. The van der Waals surface area contributed by atoms with Crippen LogP contribution in [0.5, 0.6) is 11.5 Å². The van der Waals surface area contributed by atoms with Crippen LogP contribution in [0.4, 0.5) is 0 Å². The second-order valence-corrected chi connectivity index (χ2v) is 7.36. The maximum Gasteiger partial charge on any atom is 0.223 e. The average Bonchev–Trinajstić information content (AvgIpc) is 2.60. The van der Waals surface area contributed by atoms with Crippen molar-refractivity contribution in [3.8, 4) is 11.5 Å². The summed E-state index contributed by atoms with van der Waals surface area (Å²) in [6, 6.07) is 5.97. The van der Waals surface area contributed by atoms with Crippen molar-refractivity contribution in [3.63, 3.8) is 0 Å². The second-order valence-electron chi connectivity index (χ2n) is 7.36. The monoisotopic (exact) mass is 384 g/mol. The Morgan fingerprint density at radius 3 is 2.73 bits per heavy atom. The highest BCUT2D eigenvalue weighted by atomic mass is 35.5. The molecule has 0 aliphatic heterocycles. The van der Waals surface area contributed by atoms with Gasteiger partial charge in [0.15, 0.2) is 11.5 Å². The molecule has 0 saturated heterocycles. The van der Waals surface area contributed by atoms with Gasteiger partial charge >= 0.3 is 0 Å². The fraction of sp³-hybridized carbons (Fsp3) is 0.650. The number of methoxy groups -OCH3 is 1. The van der Waals surface area contributed by atoms with E-state index in [0.29, 0.717) is 24.8 Å². The lowest BCUT2D eigenvalue weighted by atomic mass is 9.85.